The van der Waals surface area contributed by atoms with E-state index in [0.717, 1.165) is 75.7 Å². The highest BCUT2D eigenvalue weighted by Gasteiger charge is 2.50. The molecule has 4 saturated heterocycles. The minimum absolute atomic E-state index is 0.197. The van der Waals surface area contributed by atoms with Gasteiger partial charge in [0, 0.05) is 106 Å². The second-order valence-electron chi connectivity index (χ2n) is 12.3. The third kappa shape index (κ3) is 4.53. The molecule has 0 N–H and O–H groups in total. The SMILES string of the molecule is [2H]c1ccc2c(N3C[C@@H]4CN(CCc5ccc(N6CC7(CN(C)C7)C6)nc5)CCN4[C@H](C)C3)ccc(C#N)c2n1. The zero-order chi connectivity index (χ0) is 27.4. The van der Waals surface area contributed by atoms with Crippen molar-refractivity contribution >= 4 is 22.4 Å². The Hall–Kier alpha value is -3.25. The van der Waals surface area contributed by atoms with Crippen LogP contribution in [0.4, 0.5) is 11.5 Å². The number of benzene rings is 1. The second-order valence-corrected chi connectivity index (χ2v) is 12.3. The highest BCUT2D eigenvalue weighted by Crippen LogP contribution is 2.40. The molecular weight excluding hydrogens is 484 g/mol. The maximum Gasteiger partial charge on any atom is 0.128 e. The molecule has 1 aromatic carbocycles. The van der Waals surface area contributed by atoms with E-state index in [4.69, 9.17) is 6.35 Å². The van der Waals surface area contributed by atoms with Crippen molar-refractivity contribution in [1.29, 1.82) is 5.26 Å². The Morgan fingerprint density at radius 2 is 1.90 bits per heavy atom. The first-order valence-electron chi connectivity index (χ1n) is 14.8. The molecule has 202 valence electrons. The quantitative estimate of drug-likeness (QED) is 0.506. The summed E-state index contributed by atoms with van der Waals surface area (Å²) in [5, 5.41) is 10.6. The summed E-state index contributed by atoms with van der Waals surface area (Å²) in [6.07, 6.45) is 3.30. The zero-order valence-electron chi connectivity index (χ0n) is 24.1. The first kappa shape index (κ1) is 23.6. The zero-order valence-corrected chi connectivity index (χ0v) is 23.1. The highest BCUT2D eigenvalue weighted by atomic mass is 15.4. The van der Waals surface area contributed by atoms with E-state index in [1.54, 1.807) is 6.07 Å². The van der Waals surface area contributed by atoms with Crippen molar-refractivity contribution in [3.05, 3.63) is 59.9 Å². The molecule has 8 nitrogen and oxygen atoms in total. The van der Waals surface area contributed by atoms with E-state index in [2.05, 4.69) is 73.9 Å². The Balaban J connectivity index is 0.983. The summed E-state index contributed by atoms with van der Waals surface area (Å²) < 4.78 is 7.96. The first-order chi connectivity index (χ1) is 19.4. The molecule has 6 heterocycles. The van der Waals surface area contributed by atoms with Gasteiger partial charge in [0.05, 0.1) is 12.5 Å². The maximum absolute atomic E-state index is 9.59. The maximum atomic E-state index is 9.59. The molecule has 4 fully saturated rings. The average Bonchev–Trinajstić information content (AvgIpc) is 2.92. The molecule has 0 saturated carbocycles. The van der Waals surface area contributed by atoms with E-state index in [1.165, 1.54) is 18.7 Å². The third-order valence-electron chi connectivity index (χ3n) is 9.36. The van der Waals surface area contributed by atoms with Gasteiger partial charge in [0.25, 0.3) is 0 Å². The number of piperazine rings is 2. The van der Waals surface area contributed by atoms with Crippen LogP contribution >= 0.6 is 0 Å². The fourth-order valence-corrected chi connectivity index (χ4v) is 7.56. The summed E-state index contributed by atoms with van der Waals surface area (Å²) in [7, 11) is 2.20. The molecule has 0 amide bonds. The Morgan fingerprint density at radius 1 is 1.03 bits per heavy atom. The van der Waals surface area contributed by atoms with Crippen LogP contribution in [0.15, 0.2) is 48.8 Å². The van der Waals surface area contributed by atoms with Gasteiger partial charge in [-0.05, 0) is 56.3 Å². The summed E-state index contributed by atoms with van der Waals surface area (Å²) in [6, 6.07) is 15.2. The van der Waals surface area contributed by atoms with Crippen molar-refractivity contribution in [2.45, 2.75) is 25.4 Å². The molecule has 0 unspecified atom stereocenters. The Labute approximate surface area is 232 Å². The fourth-order valence-electron chi connectivity index (χ4n) is 7.56. The van der Waals surface area contributed by atoms with Crippen molar-refractivity contribution in [2.75, 3.05) is 82.3 Å². The molecule has 0 bridgehead atoms. The van der Waals surface area contributed by atoms with Crippen molar-refractivity contribution in [1.82, 2.24) is 24.7 Å². The van der Waals surface area contributed by atoms with Crippen molar-refractivity contribution < 1.29 is 1.37 Å². The smallest absolute Gasteiger partial charge is 0.128 e. The number of aromatic nitrogens is 2. The largest absolute Gasteiger partial charge is 0.368 e. The van der Waals surface area contributed by atoms with Gasteiger partial charge in [-0.3, -0.25) is 9.88 Å². The molecule has 3 aromatic rings. The second kappa shape index (κ2) is 9.74. The van der Waals surface area contributed by atoms with Gasteiger partial charge in [0.1, 0.15) is 11.9 Å². The lowest BCUT2D eigenvalue weighted by Crippen LogP contribution is -2.71. The average molecular weight is 524 g/mol. The van der Waals surface area contributed by atoms with Gasteiger partial charge in [0.2, 0.25) is 0 Å². The molecule has 8 heteroatoms. The van der Waals surface area contributed by atoms with Gasteiger partial charge >= 0.3 is 0 Å². The molecule has 7 rings (SSSR count). The molecule has 1 spiro atoms. The van der Waals surface area contributed by atoms with Gasteiger partial charge in [0.15, 0.2) is 0 Å². The van der Waals surface area contributed by atoms with Gasteiger partial charge in [-0.2, -0.15) is 5.26 Å². The van der Waals surface area contributed by atoms with E-state index >= 15 is 0 Å². The van der Waals surface area contributed by atoms with Crippen LogP contribution in [0.25, 0.3) is 10.9 Å². The monoisotopic (exact) mass is 523 g/mol. The van der Waals surface area contributed by atoms with Gasteiger partial charge < -0.3 is 19.6 Å². The number of anilines is 2. The Kier molecular flexibility index (Phi) is 5.90. The number of nitriles is 1. The number of hydrogen-bond acceptors (Lipinski definition) is 8. The lowest BCUT2D eigenvalue weighted by molar-refractivity contribution is -0.00280. The van der Waals surface area contributed by atoms with Crippen LogP contribution in [0, 0.1) is 16.7 Å². The number of fused-ring (bicyclic) bond motifs is 2. The lowest BCUT2D eigenvalue weighted by atomic mass is 9.73. The number of hydrogen-bond donors (Lipinski definition) is 0. The van der Waals surface area contributed by atoms with Crippen molar-refractivity contribution in [3.8, 4) is 6.07 Å². The van der Waals surface area contributed by atoms with Crippen LogP contribution in [0.3, 0.4) is 0 Å². The van der Waals surface area contributed by atoms with Crippen LogP contribution in [0.5, 0.6) is 0 Å². The molecule has 4 aliphatic heterocycles. The fraction of sp³-hybridized carbons (Fsp3) is 0.516. The summed E-state index contributed by atoms with van der Waals surface area (Å²) >= 11 is 0. The van der Waals surface area contributed by atoms with E-state index in [0.29, 0.717) is 28.6 Å². The Bertz CT molecular complexity index is 1440. The van der Waals surface area contributed by atoms with Crippen LogP contribution in [0.2, 0.25) is 0 Å². The van der Waals surface area contributed by atoms with E-state index in [-0.39, 0.29) is 6.17 Å². The van der Waals surface area contributed by atoms with E-state index in [9.17, 15) is 5.26 Å². The molecule has 0 radical (unpaired) electrons. The summed E-state index contributed by atoms with van der Waals surface area (Å²) in [6.45, 7) is 13.3. The van der Waals surface area contributed by atoms with Crippen molar-refractivity contribution in [2.24, 2.45) is 5.41 Å². The molecule has 2 atom stereocenters. The number of rotatable bonds is 5. The number of nitrogens with zero attached hydrogens (tertiary/aromatic N) is 8. The first-order valence-corrected chi connectivity index (χ1v) is 14.3. The van der Waals surface area contributed by atoms with Gasteiger partial charge in [-0.25, -0.2) is 4.98 Å². The summed E-state index contributed by atoms with van der Waals surface area (Å²) in [5.41, 5.74) is 4.13. The predicted molar refractivity (Wildman–Crippen MR) is 155 cm³/mol. The van der Waals surface area contributed by atoms with E-state index in [1.807, 2.05) is 12.1 Å². The topological polar surface area (TPSA) is 65.8 Å². The summed E-state index contributed by atoms with van der Waals surface area (Å²) in [5.74, 6) is 1.12. The van der Waals surface area contributed by atoms with Crippen LogP contribution in [-0.2, 0) is 6.42 Å². The normalized spacial score (nSPS) is 25.6. The van der Waals surface area contributed by atoms with Gasteiger partial charge in [-0.1, -0.05) is 6.07 Å². The minimum Gasteiger partial charge on any atom is -0.368 e. The predicted octanol–water partition coefficient (Wildman–Crippen LogP) is 2.69. The molecule has 39 heavy (non-hydrogen) atoms. The third-order valence-corrected chi connectivity index (χ3v) is 9.36. The standard InChI is InChI=1S/C31H38N8/c1-23-16-37(28-7-6-25(14-32)30-27(28)4-3-10-33-30)18-26-17-36(12-13-39(23)26)11-9-24-5-8-29(34-15-24)38-21-31(22-38)19-35(2)20-31/h3-8,10,15,23,26H,9,11-13,16-22H2,1-2H3/t23-,26+/m1/s1/i10D. The number of pyridine rings is 2. The minimum atomic E-state index is 0.197. The molecule has 0 aliphatic carbocycles. The van der Waals surface area contributed by atoms with E-state index < -0.39 is 0 Å². The van der Waals surface area contributed by atoms with Crippen LogP contribution < -0.4 is 9.80 Å². The van der Waals surface area contributed by atoms with Crippen LogP contribution in [-0.4, -0.2) is 109 Å². The van der Waals surface area contributed by atoms with Gasteiger partial charge in [-0.15, -0.1) is 0 Å². The lowest BCUT2D eigenvalue weighted by Gasteiger charge is -2.59. The van der Waals surface area contributed by atoms with Crippen molar-refractivity contribution in [3.63, 3.8) is 0 Å². The molecule has 4 aliphatic rings. The molecular formula is C31H38N8. The number of likely N-dealkylation sites (tertiary alicyclic amines) is 1. The molecule has 2 aromatic heterocycles. The summed E-state index contributed by atoms with van der Waals surface area (Å²) in [4.78, 5) is 21.8. The highest BCUT2D eigenvalue weighted by molar-refractivity contribution is 5.95. The van der Waals surface area contributed by atoms with Crippen LogP contribution in [0.1, 0.15) is 19.4 Å². The Morgan fingerprint density at radius 3 is 2.67 bits per heavy atom.